The first-order chi connectivity index (χ1) is 15.4. The van der Waals surface area contributed by atoms with Gasteiger partial charge in [0.25, 0.3) is 0 Å². The van der Waals surface area contributed by atoms with Gasteiger partial charge < -0.3 is 5.11 Å². The maximum absolute atomic E-state index is 14.4. The lowest BCUT2D eigenvalue weighted by atomic mass is 10.0. The van der Waals surface area contributed by atoms with E-state index in [2.05, 4.69) is 22.0 Å². The van der Waals surface area contributed by atoms with Crippen LogP contribution in [-0.4, -0.2) is 30.8 Å². The zero-order valence-electron chi connectivity index (χ0n) is 18.4. The maximum atomic E-state index is 14.4. The van der Waals surface area contributed by atoms with Gasteiger partial charge in [0.1, 0.15) is 5.82 Å². The Morgan fingerprint density at radius 3 is 2.50 bits per heavy atom. The Morgan fingerprint density at radius 2 is 1.84 bits per heavy atom. The smallest absolute Gasteiger partial charge is 0.337 e. The molecule has 0 atom stereocenters. The fourth-order valence-electron chi connectivity index (χ4n) is 3.55. The van der Waals surface area contributed by atoms with E-state index in [4.69, 9.17) is 0 Å². The monoisotopic (exact) mass is 442 g/mol. The fourth-order valence-corrected chi connectivity index (χ4v) is 3.55. The van der Waals surface area contributed by atoms with Crippen molar-refractivity contribution in [1.29, 1.82) is 0 Å². The van der Waals surface area contributed by atoms with E-state index in [9.17, 15) is 18.7 Å². The van der Waals surface area contributed by atoms with Crippen LogP contribution in [-0.2, 0) is 18.9 Å². The molecule has 0 fully saturated rings. The van der Waals surface area contributed by atoms with E-state index in [-0.39, 0.29) is 12.0 Å². The number of hydrogen-bond acceptors (Lipinski definition) is 4. The van der Waals surface area contributed by atoms with Crippen LogP contribution in [0.2, 0.25) is 0 Å². The van der Waals surface area contributed by atoms with E-state index in [1.165, 1.54) is 6.07 Å². The number of aromatic carboxylic acids is 1. The van der Waals surface area contributed by atoms with Crippen molar-refractivity contribution in [3.05, 3.63) is 65.4 Å². The molecule has 3 rings (SSSR count). The molecule has 0 radical (unpaired) electrons. The highest BCUT2D eigenvalue weighted by Gasteiger charge is 2.36. The summed E-state index contributed by atoms with van der Waals surface area (Å²) >= 11 is 0. The van der Waals surface area contributed by atoms with Crippen molar-refractivity contribution in [2.75, 3.05) is 0 Å². The van der Waals surface area contributed by atoms with Gasteiger partial charge in [0, 0.05) is 31.1 Å². The number of rotatable bonds is 11. The quantitative estimate of drug-likeness (QED) is 0.385. The summed E-state index contributed by atoms with van der Waals surface area (Å²) in [6, 6.07) is 10.3. The van der Waals surface area contributed by atoms with Crippen LogP contribution in [0.4, 0.5) is 8.78 Å². The summed E-state index contributed by atoms with van der Waals surface area (Å²) < 4.78 is 30.5. The van der Waals surface area contributed by atoms with Crippen LogP contribution < -0.4 is 0 Å². The number of unbranched alkanes of at least 4 members (excludes halogenated alkanes) is 2. The topological polar surface area (TPSA) is 80.9 Å². The minimum Gasteiger partial charge on any atom is -0.478 e. The number of nitrogens with zero attached hydrogens (tertiary/aromatic N) is 4. The standard InChI is InChI=1S/C24H28F2N4O2/c1-3-5-6-15-30-20(28-23(29-30)24(25,26)13-4-2)16-17-9-11-18(12-10-17)21-19(22(31)32)8-7-14-27-21/h7-12,14H,3-6,13,15-16H2,1-2H3,(H,31,32). The van der Waals surface area contributed by atoms with E-state index in [1.807, 2.05) is 12.1 Å². The van der Waals surface area contributed by atoms with Crippen LogP contribution in [0.25, 0.3) is 11.3 Å². The molecule has 0 aliphatic rings. The van der Waals surface area contributed by atoms with Crippen molar-refractivity contribution in [2.45, 2.75) is 64.8 Å². The van der Waals surface area contributed by atoms with Gasteiger partial charge in [-0.2, -0.15) is 8.78 Å². The number of hydrogen-bond donors (Lipinski definition) is 1. The highest BCUT2D eigenvalue weighted by Crippen LogP contribution is 2.31. The number of alkyl halides is 2. The molecule has 3 aromatic rings. The number of halogens is 2. The van der Waals surface area contributed by atoms with Crippen LogP contribution in [0.5, 0.6) is 0 Å². The number of pyridine rings is 1. The van der Waals surface area contributed by atoms with Gasteiger partial charge in [0.2, 0.25) is 5.82 Å². The van der Waals surface area contributed by atoms with Crippen molar-refractivity contribution < 1.29 is 18.7 Å². The number of carboxylic acids is 1. The molecule has 0 amide bonds. The Morgan fingerprint density at radius 1 is 1.09 bits per heavy atom. The van der Waals surface area contributed by atoms with Crippen LogP contribution in [0, 0.1) is 0 Å². The summed E-state index contributed by atoms with van der Waals surface area (Å²) in [7, 11) is 0. The molecule has 0 saturated heterocycles. The second kappa shape index (κ2) is 10.4. The molecule has 1 aromatic carbocycles. The normalized spacial score (nSPS) is 11.6. The molecule has 32 heavy (non-hydrogen) atoms. The van der Waals surface area contributed by atoms with Crippen LogP contribution >= 0.6 is 0 Å². The third kappa shape index (κ3) is 5.55. The van der Waals surface area contributed by atoms with Crippen LogP contribution in [0.3, 0.4) is 0 Å². The SMILES string of the molecule is CCCCCn1nc(C(F)(F)CCC)nc1Cc1ccc(-c2ncccc2C(=O)O)cc1. The Labute approximate surface area is 186 Å². The number of benzene rings is 1. The zero-order chi connectivity index (χ0) is 23.1. The molecule has 1 N–H and O–H groups in total. The van der Waals surface area contributed by atoms with Crippen molar-refractivity contribution in [3.63, 3.8) is 0 Å². The second-order valence-electron chi connectivity index (χ2n) is 7.81. The third-order valence-corrected chi connectivity index (χ3v) is 5.24. The summed E-state index contributed by atoms with van der Waals surface area (Å²) in [6.07, 6.45) is 4.83. The second-order valence-corrected chi connectivity index (χ2v) is 7.81. The summed E-state index contributed by atoms with van der Waals surface area (Å²) in [6.45, 7) is 4.35. The van der Waals surface area contributed by atoms with Gasteiger partial charge in [-0.25, -0.2) is 14.5 Å². The summed E-state index contributed by atoms with van der Waals surface area (Å²) in [4.78, 5) is 19.9. The summed E-state index contributed by atoms with van der Waals surface area (Å²) in [5.74, 6) is -4.00. The lowest BCUT2D eigenvalue weighted by Crippen LogP contribution is -2.15. The molecule has 0 unspecified atom stereocenters. The molecular formula is C24H28F2N4O2. The van der Waals surface area contributed by atoms with Crippen molar-refractivity contribution in [2.24, 2.45) is 0 Å². The third-order valence-electron chi connectivity index (χ3n) is 5.24. The minimum atomic E-state index is -3.05. The first-order valence-electron chi connectivity index (χ1n) is 10.9. The first-order valence-corrected chi connectivity index (χ1v) is 10.9. The van der Waals surface area contributed by atoms with E-state index in [1.54, 1.807) is 36.0 Å². The number of aryl methyl sites for hydroxylation is 1. The molecule has 6 nitrogen and oxygen atoms in total. The van der Waals surface area contributed by atoms with Crippen molar-refractivity contribution in [3.8, 4) is 11.3 Å². The van der Waals surface area contributed by atoms with Gasteiger partial charge in [-0.15, -0.1) is 5.10 Å². The largest absolute Gasteiger partial charge is 0.478 e. The van der Waals surface area contributed by atoms with Crippen molar-refractivity contribution >= 4 is 5.97 Å². The van der Waals surface area contributed by atoms with E-state index in [0.29, 0.717) is 36.5 Å². The molecule has 0 aliphatic carbocycles. The Kier molecular flexibility index (Phi) is 7.66. The molecule has 0 bridgehead atoms. The first kappa shape index (κ1) is 23.5. The predicted molar refractivity (Wildman–Crippen MR) is 118 cm³/mol. The average molecular weight is 443 g/mol. The van der Waals surface area contributed by atoms with Crippen LogP contribution in [0.15, 0.2) is 42.6 Å². The zero-order valence-corrected chi connectivity index (χ0v) is 18.4. The van der Waals surface area contributed by atoms with Gasteiger partial charge in [0.15, 0.2) is 0 Å². The van der Waals surface area contributed by atoms with Gasteiger partial charge in [-0.05, 0) is 30.5 Å². The lowest BCUT2D eigenvalue weighted by Gasteiger charge is -2.10. The Bertz CT molecular complexity index is 1050. The molecule has 170 valence electrons. The lowest BCUT2D eigenvalue weighted by molar-refractivity contribution is -0.0232. The molecule has 2 heterocycles. The highest BCUT2D eigenvalue weighted by atomic mass is 19.3. The maximum Gasteiger partial charge on any atom is 0.337 e. The average Bonchev–Trinajstić information content (AvgIpc) is 3.18. The Balaban J connectivity index is 1.86. The van der Waals surface area contributed by atoms with Gasteiger partial charge in [0.05, 0.1) is 11.3 Å². The summed E-state index contributed by atoms with van der Waals surface area (Å²) in [5.41, 5.74) is 2.05. The number of carbonyl (C=O) groups is 1. The van der Waals surface area contributed by atoms with Gasteiger partial charge >= 0.3 is 11.9 Å². The molecular weight excluding hydrogens is 414 g/mol. The molecule has 8 heteroatoms. The van der Waals surface area contributed by atoms with E-state index < -0.39 is 17.7 Å². The summed E-state index contributed by atoms with van der Waals surface area (Å²) in [5, 5.41) is 13.5. The van der Waals surface area contributed by atoms with E-state index in [0.717, 1.165) is 24.8 Å². The molecule has 0 aliphatic heterocycles. The van der Waals surface area contributed by atoms with Crippen LogP contribution in [0.1, 0.15) is 73.5 Å². The molecule has 0 saturated carbocycles. The van der Waals surface area contributed by atoms with Crippen molar-refractivity contribution in [1.82, 2.24) is 19.7 Å². The minimum absolute atomic E-state index is 0.124. The Hall–Kier alpha value is -3.16. The van der Waals surface area contributed by atoms with Gasteiger partial charge in [-0.3, -0.25) is 4.98 Å². The molecule has 2 aromatic heterocycles. The number of carboxylic acid groups (broad SMARTS) is 1. The highest BCUT2D eigenvalue weighted by molar-refractivity contribution is 5.94. The predicted octanol–water partition coefficient (Wildman–Crippen LogP) is 5.71. The van der Waals surface area contributed by atoms with E-state index >= 15 is 0 Å². The fraction of sp³-hybridized carbons (Fsp3) is 0.417. The number of aromatic nitrogens is 4. The molecule has 0 spiro atoms. The van der Waals surface area contributed by atoms with Gasteiger partial charge in [-0.1, -0.05) is 51.0 Å².